The van der Waals surface area contributed by atoms with Gasteiger partial charge < -0.3 is 19.9 Å². The SMILES string of the molecule is CCCO[C@@H]1C[C@H]2CC[C@]1(C(=O)N1C(=O)N[C@@H](OC)[C@@H]1O)C2(C)C. The lowest BCUT2D eigenvalue weighted by Gasteiger charge is -2.42. The lowest BCUT2D eigenvalue weighted by atomic mass is 9.67. The van der Waals surface area contributed by atoms with Crippen LogP contribution in [0.15, 0.2) is 0 Å². The maximum atomic E-state index is 13.5. The molecule has 1 heterocycles. The molecular formula is C17H28N2O5. The number of rotatable bonds is 5. The van der Waals surface area contributed by atoms with Gasteiger partial charge in [0.25, 0.3) is 0 Å². The lowest BCUT2D eigenvalue weighted by Crippen LogP contribution is -2.56. The second-order valence-corrected chi connectivity index (χ2v) is 7.72. The number of carbonyl (C=O) groups excluding carboxylic acids is 2. The molecule has 2 saturated carbocycles. The van der Waals surface area contributed by atoms with E-state index >= 15 is 0 Å². The molecule has 3 aliphatic rings. The van der Waals surface area contributed by atoms with Crippen molar-refractivity contribution < 1.29 is 24.2 Å². The molecule has 0 aromatic rings. The van der Waals surface area contributed by atoms with Gasteiger partial charge in [-0.3, -0.25) is 4.79 Å². The molecule has 3 rings (SSSR count). The monoisotopic (exact) mass is 340 g/mol. The molecule has 2 N–H and O–H groups in total. The number of ether oxygens (including phenoxy) is 2. The maximum absolute atomic E-state index is 13.5. The van der Waals surface area contributed by atoms with Gasteiger partial charge in [-0.05, 0) is 37.0 Å². The zero-order valence-electron chi connectivity index (χ0n) is 14.9. The summed E-state index contributed by atoms with van der Waals surface area (Å²) in [6.45, 7) is 6.81. The molecule has 0 unspecified atom stereocenters. The molecule has 1 saturated heterocycles. The minimum atomic E-state index is -1.31. The van der Waals surface area contributed by atoms with Crippen molar-refractivity contribution in [2.45, 2.75) is 65.0 Å². The second kappa shape index (κ2) is 5.97. The molecule has 2 bridgehead atoms. The van der Waals surface area contributed by atoms with Crippen LogP contribution in [0.5, 0.6) is 0 Å². The summed E-state index contributed by atoms with van der Waals surface area (Å²) in [6.07, 6.45) is 0.930. The Morgan fingerprint density at radius 3 is 2.71 bits per heavy atom. The van der Waals surface area contributed by atoms with Gasteiger partial charge in [0.1, 0.15) is 0 Å². The third-order valence-corrected chi connectivity index (χ3v) is 6.50. The summed E-state index contributed by atoms with van der Waals surface area (Å²) < 4.78 is 11.1. The molecule has 0 radical (unpaired) electrons. The number of aliphatic hydroxyl groups excluding tert-OH is 1. The summed E-state index contributed by atoms with van der Waals surface area (Å²) >= 11 is 0. The normalized spacial score (nSPS) is 40.2. The molecule has 1 aliphatic heterocycles. The molecule has 24 heavy (non-hydrogen) atoms. The number of aliphatic hydroxyl groups is 1. The Morgan fingerprint density at radius 2 is 2.17 bits per heavy atom. The van der Waals surface area contributed by atoms with Crippen molar-refractivity contribution in [1.82, 2.24) is 10.2 Å². The Bertz CT molecular complexity index is 537. The lowest BCUT2D eigenvalue weighted by molar-refractivity contribution is -0.165. The fraction of sp³-hybridized carbons (Fsp3) is 0.882. The van der Waals surface area contributed by atoms with Crippen molar-refractivity contribution >= 4 is 11.9 Å². The Hall–Kier alpha value is -1.18. The van der Waals surface area contributed by atoms with Crippen LogP contribution in [0.3, 0.4) is 0 Å². The molecule has 0 aromatic heterocycles. The first-order valence-corrected chi connectivity index (χ1v) is 8.77. The van der Waals surface area contributed by atoms with Crippen LogP contribution in [0, 0.1) is 16.7 Å². The standard InChI is InChI=1S/C17H28N2O5/c1-5-8-24-11-9-10-6-7-17(11,16(10,2)3)14(21)19-13(20)12(23-4)18-15(19)22/h10-13,20H,5-9H2,1-4H3,(H,18,22)/t10-,11-,12+,13+,17+/m1/s1. The highest BCUT2D eigenvalue weighted by Crippen LogP contribution is 2.67. The first-order chi connectivity index (χ1) is 11.3. The van der Waals surface area contributed by atoms with Crippen LogP contribution in [0.1, 0.15) is 46.5 Å². The summed E-state index contributed by atoms with van der Waals surface area (Å²) in [6, 6.07) is -0.603. The van der Waals surface area contributed by atoms with Crippen molar-refractivity contribution in [2.75, 3.05) is 13.7 Å². The van der Waals surface area contributed by atoms with Gasteiger partial charge in [0.15, 0.2) is 12.5 Å². The van der Waals surface area contributed by atoms with Crippen molar-refractivity contribution in [2.24, 2.45) is 16.7 Å². The van der Waals surface area contributed by atoms with Gasteiger partial charge >= 0.3 is 6.03 Å². The quantitative estimate of drug-likeness (QED) is 0.791. The van der Waals surface area contributed by atoms with Gasteiger partial charge in [-0.1, -0.05) is 20.8 Å². The van der Waals surface area contributed by atoms with Crippen molar-refractivity contribution in [3.05, 3.63) is 0 Å². The summed E-state index contributed by atoms with van der Waals surface area (Å²) in [5.41, 5.74) is -1.04. The molecule has 0 aromatic carbocycles. The van der Waals surface area contributed by atoms with E-state index in [4.69, 9.17) is 9.47 Å². The van der Waals surface area contributed by atoms with Gasteiger partial charge in [-0.2, -0.15) is 0 Å². The van der Waals surface area contributed by atoms with Gasteiger partial charge in [0.2, 0.25) is 5.91 Å². The number of carbonyl (C=O) groups is 2. The summed E-state index contributed by atoms with van der Waals surface area (Å²) in [7, 11) is 1.39. The van der Waals surface area contributed by atoms with E-state index in [0.717, 1.165) is 24.2 Å². The minimum absolute atomic E-state index is 0.208. The first-order valence-electron chi connectivity index (χ1n) is 8.77. The van der Waals surface area contributed by atoms with Gasteiger partial charge in [-0.15, -0.1) is 0 Å². The van der Waals surface area contributed by atoms with Gasteiger partial charge in [0, 0.05) is 13.7 Å². The highest BCUT2D eigenvalue weighted by Gasteiger charge is 2.70. The second-order valence-electron chi connectivity index (χ2n) is 7.72. The number of hydrogen-bond donors (Lipinski definition) is 2. The van der Waals surface area contributed by atoms with E-state index < -0.39 is 23.9 Å². The number of fused-ring (bicyclic) bond motifs is 2. The fourth-order valence-corrected chi connectivity index (χ4v) is 5.02. The highest BCUT2D eigenvalue weighted by atomic mass is 16.5. The van der Waals surface area contributed by atoms with Crippen LogP contribution in [-0.2, 0) is 14.3 Å². The first kappa shape index (κ1) is 17.6. The van der Waals surface area contributed by atoms with Crippen LogP contribution in [0.2, 0.25) is 0 Å². The summed E-state index contributed by atoms with van der Waals surface area (Å²) in [4.78, 5) is 26.7. The predicted molar refractivity (Wildman–Crippen MR) is 85.8 cm³/mol. The number of imide groups is 1. The van der Waals surface area contributed by atoms with Crippen molar-refractivity contribution in [3.8, 4) is 0 Å². The van der Waals surface area contributed by atoms with Gasteiger partial charge in [-0.25, -0.2) is 9.69 Å². The smallest absolute Gasteiger partial charge is 0.328 e. The Morgan fingerprint density at radius 1 is 1.46 bits per heavy atom. The number of methoxy groups -OCH3 is 1. The van der Waals surface area contributed by atoms with E-state index in [1.165, 1.54) is 7.11 Å². The predicted octanol–water partition coefficient (Wildman–Crippen LogP) is 1.45. The Kier molecular flexibility index (Phi) is 4.38. The average Bonchev–Trinajstić information content (AvgIpc) is 3.07. The molecule has 0 spiro atoms. The molecule has 7 heteroatoms. The Balaban J connectivity index is 1.94. The number of nitrogens with zero attached hydrogens (tertiary/aromatic N) is 1. The van der Waals surface area contributed by atoms with E-state index in [2.05, 4.69) is 19.2 Å². The van der Waals surface area contributed by atoms with Crippen LogP contribution in [-0.4, -0.2) is 54.2 Å². The highest BCUT2D eigenvalue weighted by molar-refractivity contribution is 6.00. The van der Waals surface area contributed by atoms with Crippen LogP contribution in [0.4, 0.5) is 4.79 Å². The molecule has 5 atom stereocenters. The van der Waals surface area contributed by atoms with Gasteiger partial charge in [0.05, 0.1) is 11.5 Å². The maximum Gasteiger partial charge on any atom is 0.328 e. The zero-order valence-corrected chi connectivity index (χ0v) is 14.9. The molecule has 3 amide bonds. The van der Waals surface area contributed by atoms with E-state index in [1.807, 2.05) is 6.92 Å². The third-order valence-electron chi connectivity index (χ3n) is 6.50. The molecule has 136 valence electrons. The van der Waals surface area contributed by atoms with Crippen molar-refractivity contribution in [3.63, 3.8) is 0 Å². The largest absolute Gasteiger partial charge is 0.377 e. The zero-order chi connectivity index (χ0) is 17.7. The fourth-order valence-electron chi connectivity index (χ4n) is 5.02. The van der Waals surface area contributed by atoms with Crippen LogP contribution in [0.25, 0.3) is 0 Å². The molecule has 7 nitrogen and oxygen atoms in total. The molecule has 3 fully saturated rings. The van der Waals surface area contributed by atoms with Crippen LogP contribution >= 0.6 is 0 Å². The molecular weight excluding hydrogens is 312 g/mol. The number of urea groups is 1. The summed E-state index contributed by atoms with van der Waals surface area (Å²) in [5, 5.41) is 12.9. The Labute approximate surface area is 142 Å². The minimum Gasteiger partial charge on any atom is -0.377 e. The van der Waals surface area contributed by atoms with E-state index in [-0.39, 0.29) is 17.4 Å². The van der Waals surface area contributed by atoms with E-state index in [9.17, 15) is 14.7 Å². The van der Waals surface area contributed by atoms with E-state index in [1.54, 1.807) is 0 Å². The topological polar surface area (TPSA) is 88.1 Å². The van der Waals surface area contributed by atoms with Crippen molar-refractivity contribution in [1.29, 1.82) is 0 Å². The number of nitrogens with one attached hydrogen (secondary N) is 1. The average molecular weight is 340 g/mol. The number of amides is 3. The van der Waals surface area contributed by atoms with E-state index in [0.29, 0.717) is 18.9 Å². The third kappa shape index (κ3) is 2.14. The molecule has 2 aliphatic carbocycles. The number of hydrogen-bond acceptors (Lipinski definition) is 5. The summed E-state index contributed by atoms with van der Waals surface area (Å²) in [5.74, 6) is 0.0579. The van der Waals surface area contributed by atoms with Crippen LogP contribution < -0.4 is 5.32 Å².